The topological polar surface area (TPSA) is 54.3 Å². The molecule has 0 N–H and O–H groups in total. The summed E-state index contributed by atoms with van der Waals surface area (Å²) in [5.74, 6) is 0.923. The third-order valence-corrected chi connectivity index (χ3v) is 5.63. The van der Waals surface area contributed by atoms with Crippen LogP contribution >= 0.6 is 0 Å². The van der Waals surface area contributed by atoms with Crippen LogP contribution in [0, 0.1) is 0 Å². The summed E-state index contributed by atoms with van der Waals surface area (Å²) in [6.45, 7) is 2.82. The molecule has 31 heavy (non-hydrogen) atoms. The summed E-state index contributed by atoms with van der Waals surface area (Å²) in [7, 11) is 0. The van der Waals surface area contributed by atoms with Gasteiger partial charge in [-0.3, -0.25) is 4.79 Å². The maximum Gasteiger partial charge on any atom is 0.253 e. The minimum atomic E-state index is 0.0733. The lowest BCUT2D eigenvalue weighted by Gasteiger charge is -2.35. The molecule has 1 aliphatic rings. The van der Waals surface area contributed by atoms with E-state index >= 15 is 0 Å². The van der Waals surface area contributed by atoms with Crippen molar-refractivity contribution in [3.63, 3.8) is 0 Å². The molecule has 0 unspecified atom stereocenters. The molecule has 0 aliphatic carbocycles. The van der Waals surface area contributed by atoms with Crippen LogP contribution in [0.4, 0.5) is 5.82 Å². The van der Waals surface area contributed by atoms with Gasteiger partial charge in [0.15, 0.2) is 5.82 Å². The fraction of sp³-hybridized carbons (Fsp3) is 0.160. The Morgan fingerprint density at radius 1 is 0.710 bits per heavy atom. The van der Waals surface area contributed by atoms with Crippen molar-refractivity contribution in [3.8, 4) is 16.9 Å². The average molecular weight is 409 g/mol. The third kappa shape index (κ3) is 4.05. The van der Waals surface area contributed by atoms with Gasteiger partial charge < -0.3 is 14.4 Å². The Bertz CT molecular complexity index is 1130. The standard InChI is InChI=1S/C25H23N5O/c31-25(21-8-10-22(11-9-21)28-14-4-5-15-28)30-18-16-29(17-19-30)24-13-12-23(26-27-24)20-6-2-1-3-7-20/h1-15H,16-19H2. The molecule has 1 saturated heterocycles. The van der Waals surface area contributed by atoms with Crippen molar-refractivity contribution in [3.05, 3.63) is 96.8 Å². The minimum absolute atomic E-state index is 0.0733. The molecule has 1 aliphatic heterocycles. The Labute approximate surface area is 181 Å². The van der Waals surface area contributed by atoms with Gasteiger partial charge in [0.25, 0.3) is 5.91 Å². The van der Waals surface area contributed by atoms with E-state index in [-0.39, 0.29) is 5.91 Å². The molecule has 6 heteroatoms. The van der Waals surface area contributed by atoms with Crippen molar-refractivity contribution in [2.24, 2.45) is 0 Å². The SMILES string of the molecule is O=C(c1ccc(-n2cccc2)cc1)N1CCN(c2ccc(-c3ccccc3)nn2)CC1. The number of carbonyl (C=O) groups is 1. The lowest BCUT2D eigenvalue weighted by molar-refractivity contribution is 0.0746. The molecule has 2 aromatic heterocycles. The summed E-state index contributed by atoms with van der Waals surface area (Å²) in [5.41, 5.74) is 3.68. The summed E-state index contributed by atoms with van der Waals surface area (Å²) in [5, 5.41) is 8.79. The molecule has 4 aromatic rings. The monoisotopic (exact) mass is 409 g/mol. The Hall–Kier alpha value is -3.93. The smallest absolute Gasteiger partial charge is 0.253 e. The highest BCUT2D eigenvalue weighted by atomic mass is 16.2. The second-order valence-corrected chi connectivity index (χ2v) is 7.56. The number of anilines is 1. The zero-order valence-electron chi connectivity index (χ0n) is 17.1. The molecule has 0 radical (unpaired) electrons. The van der Waals surface area contributed by atoms with Gasteiger partial charge in [-0.25, -0.2) is 0 Å². The van der Waals surface area contributed by atoms with Crippen LogP contribution in [-0.4, -0.2) is 51.8 Å². The number of aromatic nitrogens is 3. The number of carbonyl (C=O) groups excluding carboxylic acids is 1. The van der Waals surface area contributed by atoms with Gasteiger partial charge in [0, 0.05) is 55.4 Å². The summed E-state index contributed by atoms with van der Waals surface area (Å²) >= 11 is 0. The summed E-state index contributed by atoms with van der Waals surface area (Å²) in [4.78, 5) is 17.0. The van der Waals surface area contributed by atoms with Crippen molar-refractivity contribution in [2.75, 3.05) is 31.1 Å². The number of piperazine rings is 1. The molecular formula is C25H23N5O. The third-order valence-electron chi connectivity index (χ3n) is 5.63. The van der Waals surface area contributed by atoms with E-state index in [4.69, 9.17) is 0 Å². The first-order valence-electron chi connectivity index (χ1n) is 10.4. The highest BCUT2D eigenvalue weighted by Crippen LogP contribution is 2.20. The largest absolute Gasteiger partial charge is 0.352 e. The van der Waals surface area contributed by atoms with Gasteiger partial charge >= 0.3 is 0 Å². The van der Waals surface area contributed by atoms with Crippen LogP contribution in [0.15, 0.2) is 91.3 Å². The molecule has 154 valence electrons. The van der Waals surface area contributed by atoms with E-state index in [0.29, 0.717) is 13.1 Å². The van der Waals surface area contributed by atoms with Gasteiger partial charge in [-0.05, 0) is 48.5 Å². The summed E-state index contributed by atoms with van der Waals surface area (Å²) in [6.07, 6.45) is 3.98. The average Bonchev–Trinajstić information content (AvgIpc) is 3.40. The van der Waals surface area contributed by atoms with Crippen LogP contribution < -0.4 is 4.90 Å². The Morgan fingerprint density at radius 2 is 1.42 bits per heavy atom. The fourth-order valence-corrected chi connectivity index (χ4v) is 3.86. The first kappa shape index (κ1) is 19.1. The molecule has 0 bridgehead atoms. The molecule has 1 fully saturated rings. The van der Waals surface area contributed by atoms with E-state index in [1.54, 1.807) is 0 Å². The highest BCUT2D eigenvalue weighted by Gasteiger charge is 2.23. The van der Waals surface area contributed by atoms with Gasteiger partial charge in [0.2, 0.25) is 0 Å². The van der Waals surface area contributed by atoms with E-state index in [9.17, 15) is 4.79 Å². The van der Waals surface area contributed by atoms with E-state index in [2.05, 4.69) is 15.1 Å². The minimum Gasteiger partial charge on any atom is -0.352 e. The van der Waals surface area contributed by atoms with Crippen molar-refractivity contribution in [1.82, 2.24) is 19.7 Å². The zero-order chi connectivity index (χ0) is 21.0. The summed E-state index contributed by atoms with van der Waals surface area (Å²) in [6, 6.07) is 25.8. The predicted octanol–water partition coefficient (Wildman–Crippen LogP) is 3.90. The van der Waals surface area contributed by atoms with Crippen molar-refractivity contribution in [1.29, 1.82) is 0 Å². The van der Waals surface area contributed by atoms with Gasteiger partial charge in [-0.1, -0.05) is 30.3 Å². The molecule has 0 saturated carbocycles. The second kappa shape index (κ2) is 8.44. The molecule has 5 rings (SSSR count). The zero-order valence-corrected chi connectivity index (χ0v) is 17.1. The number of hydrogen-bond donors (Lipinski definition) is 0. The van der Waals surface area contributed by atoms with E-state index in [1.807, 2.05) is 101 Å². The maximum absolute atomic E-state index is 12.9. The van der Waals surface area contributed by atoms with E-state index < -0.39 is 0 Å². The van der Waals surface area contributed by atoms with Crippen LogP contribution in [0.25, 0.3) is 16.9 Å². The van der Waals surface area contributed by atoms with Gasteiger partial charge in [0.1, 0.15) is 0 Å². The number of benzene rings is 2. The quantitative estimate of drug-likeness (QED) is 0.513. The van der Waals surface area contributed by atoms with Crippen molar-refractivity contribution >= 4 is 11.7 Å². The highest BCUT2D eigenvalue weighted by molar-refractivity contribution is 5.94. The maximum atomic E-state index is 12.9. The Balaban J connectivity index is 1.20. The van der Waals surface area contributed by atoms with Gasteiger partial charge in [-0.15, -0.1) is 10.2 Å². The first-order valence-corrected chi connectivity index (χ1v) is 10.4. The fourth-order valence-electron chi connectivity index (χ4n) is 3.86. The van der Waals surface area contributed by atoms with Gasteiger partial charge in [-0.2, -0.15) is 0 Å². The Morgan fingerprint density at radius 3 is 2.06 bits per heavy atom. The molecule has 3 heterocycles. The number of hydrogen-bond acceptors (Lipinski definition) is 4. The number of nitrogens with zero attached hydrogens (tertiary/aromatic N) is 5. The van der Waals surface area contributed by atoms with Crippen molar-refractivity contribution < 1.29 is 4.79 Å². The molecule has 0 spiro atoms. The number of amides is 1. The second-order valence-electron chi connectivity index (χ2n) is 7.56. The lowest BCUT2D eigenvalue weighted by Crippen LogP contribution is -2.49. The molecule has 6 nitrogen and oxygen atoms in total. The summed E-state index contributed by atoms with van der Waals surface area (Å²) < 4.78 is 2.02. The van der Waals surface area contributed by atoms with Crippen molar-refractivity contribution in [2.45, 2.75) is 0 Å². The number of rotatable bonds is 4. The van der Waals surface area contributed by atoms with Crippen LogP contribution in [0.1, 0.15) is 10.4 Å². The molecule has 0 atom stereocenters. The van der Waals surface area contributed by atoms with E-state index in [0.717, 1.165) is 41.4 Å². The lowest BCUT2D eigenvalue weighted by atomic mass is 10.1. The molecule has 2 aromatic carbocycles. The van der Waals surface area contributed by atoms with E-state index in [1.165, 1.54) is 0 Å². The van der Waals surface area contributed by atoms with Gasteiger partial charge in [0.05, 0.1) is 5.69 Å². The molecule has 1 amide bonds. The Kier molecular flexibility index (Phi) is 5.19. The normalized spacial score (nSPS) is 13.9. The predicted molar refractivity (Wildman–Crippen MR) is 121 cm³/mol. The van der Waals surface area contributed by atoms with Crippen LogP contribution in [0.3, 0.4) is 0 Å². The first-order chi connectivity index (χ1) is 15.3. The van der Waals surface area contributed by atoms with Crippen LogP contribution in [0.5, 0.6) is 0 Å². The van der Waals surface area contributed by atoms with Crippen LogP contribution in [-0.2, 0) is 0 Å². The van der Waals surface area contributed by atoms with Crippen LogP contribution in [0.2, 0.25) is 0 Å². The molecular weight excluding hydrogens is 386 g/mol.